The van der Waals surface area contributed by atoms with Crippen molar-refractivity contribution in [1.82, 2.24) is 20.2 Å². The zero-order valence-corrected chi connectivity index (χ0v) is 19.4. The zero-order chi connectivity index (χ0) is 24.7. The first-order chi connectivity index (χ1) is 16.9. The highest BCUT2D eigenvalue weighted by Gasteiger charge is 2.30. The molecular weight excluding hydrogens is 455 g/mol. The lowest BCUT2D eigenvalue weighted by molar-refractivity contribution is -0.127. The van der Waals surface area contributed by atoms with Gasteiger partial charge in [-0.15, -0.1) is 0 Å². The van der Waals surface area contributed by atoms with E-state index in [0.717, 1.165) is 5.56 Å². The molecule has 1 atom stereocenters. The van der Waals surface area contributed by atoms with Gasteiger partial charge in [-0.1, -0.05) is 0 Å². The highest BCUT2D eigenvalue weighted by atomic mass is 19.1. The number of ether oxygens (including phenoxy) is 2. The van der Waals surface area contributed by atoms with Gasteiger partial charge in [0.05, 0.1) is 11.7 Å². The van der Waals surface area contributed by atoms with Gasteiger partial charge >= 0.3 is 6.09 Å². The van der Waals surface area contributed by atoms with Crippen molar-refractivity contribution < 1.29 is 23.5 Å². The molecule has 10 nitrogen and oxygen atoms in total. The minimum Gasteiger partial charge on any atom is -0.474 e. The summed E-state index contributed by atoms with van der Waals surface area (Å²) >= 11 is 0. The summed E-state index contributed by atoms with van der Waals surface area (Å²) in [6.45, 7) is 5.89. The van der Waals surface area contributed by atoms with Crippen LogP contribution in [0.5, 0.6) is 11.8 Å². The minimum atomic E-state index is -0.719. The topological polar surface area (TPSA) is 132 Å². The quantitative estimate of drug-likeness (QED) is 0.486. The van der Waals surface area contributed by atoms with E-state index in [1.165, 1.54) is 12.3 Å². The van der Waals surface area contributed by atoms with E-state index in [2.05, 4.69) is 20.6 Å². The van der Waals surface area contributed by atoms with Gasteiger partial charge in [-0.3, -0.25) is 4.79 Å². The lowest BCUT2D eigenvalue weighted by atomic mass is 9.97. The van der Waals surface area contributed by atoms with Crippen LogP contribution in [0, 0.1) is 12.7 Å². The number of aromatic nitrogens is 2. The third-order valence-electron chi connectivity index (χ3n) is 6.33. The van der Waals surface area contributed by atoms with Gasteiger partial charge in [0, 0.05) is 61.0 Å². The smallest absolute Gasteiger partial charge is 0.414 e. The molecule has 2 aliphatic heterocycles. The number of rotatable bonds is 4. The summed E-state index contributed by atoms with van der Waals surface area (Å²) in [6.07, 6.45) is 2.43. The monoisotopic (exact) mass is 480 g/mol. The number of benzene rings is 1. The summed E-state index contributed by atoms with van der Waals surface area (Å²) in [4.78, 5) is 34.3. The van der Waals surface area contributed by atoms with E-state index < -0.39 is 11.9 Å². The Labute approximate surface area is 200 Å². The molecule has 11 heteroatoms. The number of likely N-dealkylation sites (tertiary alicyclic amines) is 1. The van der Waals surface area contributed by atoms with E-state index >= 15 is 4.39 Å². The van der Waals surface area contributed by atoms with Crippen LogP contribution in [0.15, 0.2) is 24.5 Å². The van der Waals surface area contributed by atoms with Crippen LogP contribution in [0.25, 0.3) is 21.9 Å². The fourth-order valence-electron chi connectivity index (χ4n) is 4.49. The number of anilines is 2. The van der Waals surface area contributed by atoms with Crippen LogP contribution in [0.3, 0.4) is 0 Å². The second kappa shape index (κ2) is 8.90. The lowest BCUT2D eigenvalue weighted by Crippen LogP contribution is -2.38. The number of hydrogen-bond acceptors (Lipinski definition) is 8. The number of carbonyl (C=O) groups excluding carboxylic acids is 2. The van der Waals surface area contributed by atoms with Crippen LogP contribution in [0.2, 0.25) is 0 Å². The first kappa shape index (κ1) is 22.6. The number of carbonyl (C=O) groups is 2. The molecule has 0 bridgehead atoms. The van der Waals surface area contributed by atoms with Gasteiger partial charge in [0.15, 0.2) is 5.82 Å². The average molecular weight is 481 g/mol. The van der Waals surface area contributed by atoms with Crippen molar-refractivity contribution in [2.75, 3.05) is 37.3 Å². The molecule has 4 N–H and O–H groups in total. The Hall–Kier alpha value is -4.15. The molecule has 4 heterocycles. The van der Waals surface area contributed by atoms with Crippen molar-refractivity contribution in [2.45, 2.75) is 26.3 Å². The predicted molar refractivity (Wildman–Crippen MR) is 128 cm³/mol. The molecule has 3 aromatic rings. The van der Waals surface area contributed by atoms with Crippen molar-refractivity contribution in [3.05, 3.63) is 35.9 Å². The van der Waals surface area contributed by atoms with Gasteiger partial charge in [-0.25, -0.2) is 19.2 Å². The number of fused-ring (bicyclic) bond motifs is 2. The van der Waals surface area contributed by atoms with E-state index in [4.69, 9.17) is 15.2 Å². The molecule has 35 heavy (non-hydrogen) atoms. The van der Waals surface area contributed by atoms with Crippen LogP contribution < -0.4 is 25.8 Å². The summed E-state index contributed by atoms with van der Waals surface area (Å²) in [5, 5.41) is 6.87. The first-order valence-corrected chi connectivity index (χ1v) is 11.4. The Kier molecular flexibility index (Phi) is 5.75. The van der Waals surface area contributed by atoms with Crippen molar-refractivity contribution in [2.24, 2.45) is 0 Å². The Bertz CT molecular complexity index is 1350. The maximum atomic E-state index is 15.3. The molecular formula is C24H25FN6O4. The van der Waals surface area contributed by atoms with Crippen LogP contribution in [0.4, 0.5) is 20.6 Å². The molecule has 2 amide bonds. The Morgan fingerprint density at radius 3 is 2.94 bits per heavy atom. The van der Waals surface area contributed by atoms with E-state index in [-0.39, 0.29) is 35.5 Å². The molecule has 0 aliphatic carbocycles. The Balaban J connectivity index is 1.43. The molecule has 0 unspecified atom stereocenters. The van der Waals surface area contributed by atoms with Gasteiger partial charge in [-0.2, -0.15) is 0 Å². The molecule has 0 saturated carbocycles. The van der Waals surface area contributed by atoms with E-state index in [0.29, 0.717) is 54.1 Å². The summed E-state index contributed by atoms with van der Waals surface area (Å²) in [6, 6.07) is 2.82. The first-order valence-electron chi connectivity index (χ1n) is 11.4. The van der Waals surface area contributed by atoms with E-state index in [9.17, 15) is 9.59 Å². The van der Waals surface area contributed by atoms with E-state index in [1.54, 1.807) is 17.2 Å². The molecule has 5 rings (SSSR count). The number of halogens is 1. The lowest BCUT2D eigenvalue weighted by Gasteiger charge is -2.22. The molecule has 1 aromatic carbocycles. The summed E-state index contributed by atoms with van der Waals surface area (Å²) in [7, 11) is 0. The maximum Gasteiger partial charge on any atom is 0.414 e. The number of likely N-dealkylation sites (N-methyl/N-ethyl adjacent to an activating group) is 1. The van der Waals surface area contributed by atoms with Gasteiger partial charge < -0.3 is 30.7 Å². The SMILES string of the molecule is CCN1C[C@H](NC(=O)Oc2cc3cc(-c4cnc5c(c4C)NCCO5)c(F)c(N)c3cn2)CC1=O. The van der Waals surface area contributed by atoms with E-state index in [1.807, 2.05) is 13.8 Å². The normalized spacial score (nSPS) is 17.1. The number of nitrogens with zero attached hydrogens (tertiary/aromatic N) is 3. The molecule has 0 spiro atoms. The van der Waals surface area contributed by atoms with Crippen molar-refractivity contribution in [3.63, 3.8) is 0 Å². The van der Waals surface area contributed by atoms with Gasteiger partial charge in [-0.05, 0) is 30.9 Å². The number of amides is 2. The third kappa shape index (κ3) is 4.13. The Morgan fingerprint density at radius 2 is 2.17 bits per heavy atom. The highest BCUT2D eigenvalue weighted by molar-refractivity contribution is 5.98. The highest BCUT2D eigenvalue weighted by Crippen LogP contribution is 2.39. The van der Waals surface area contributed by atoms with Crippen LogP contribution in [-0.2, 0) is 4.79 Å². The van der Waals surface area contributed by atoms with Crippen LogP contribution in [-0.4, -0.2) is 59.2 Å². The molecule has 0 radical (unpaired) electrons. The number of pyridine rings is 2. The van der Waals surface area contributed by atoms with Crippen molar-refractivity contribution >= 4 is 34.1 Å². The van der Waals surface area contributed by atoms with Crippen LogP contribution in [0.1, 0.15) is 18.9 Å². The molecule has 182 valence electrons. The minimum absolute atomic E-state index is 0.0135. The predicted octanol–water partition coefficient (Wildman–Crippen LogP) is 2.84. The molecule has 2 aliphatic rings. The summed E-state index contributed by atoms with van der Waals surface area (Å²) in [5.74, 6) is -0.0957. The number of hydrogen-bond donors (Lipinski definition) is 3. The second-order valence-corrected chi connectivity index (χ2v) is 8.52. The molecule has 2 aromatic heterocycles. The largest absolute Gasteiger partial charge is 0.474 e. The van der Waals surface area contributed by atoms with Crippen molar-refractivity contribution in [3.8, 4) is 22.9 Å². The summed E-state index contributed by atoms with van der Waals surface area (Å²) in [5.41, 5.74) is 8.38. The average Bonchev–Trinajstić information content (AvgIpc) is 3.20. The second-order valence-electron chi connectivity index (χ2n) is 8.52. The summed E-state index contributed by atoms with van der Waals surface area (Å²) < 4.78 is 26.2. The van der Waals surface area contributed by atoms with Crippen molar-refractivity contribution in [1.29, 1.82) is 0 Å². The third-order valence-corrected chi connectivity index (χ3v) is 6.33. The zero-order valence-electron chi connectivity index (χ0n) is 19.4. The number of nitrogen functional groups attached to an aromatic ring is 1. The fraction of sp³-hybridized carbons (Fsp3) is 0.333. The standard InChI is InChI=1S/C24H25FN6O4/c1-3-31-11-14(8-19(31)32)30-24(33)35-18-7-13-6-15(20(25)21(26)17(13)10-28-18)16-9-29-23-22(12(16)2)27-4-5-34-23/h6-7,9-10,14,27H,3-5,8,11,26H2,1-2H3,(H,30,33)/t14-/m1/s1. The number of nitrogens with one attached hydrogen (secondary N) is 2. The number of nitrogens with two attached hydrogens (primary N) is 1. The van der Waals surface area contributed by atoms with Crippen LogP contribution >= 0.6 is 0 Å². The van der Waals surface area contributed by atoms with Gasteiger partial charge in [0.25, 0.3) is 0 Å². The Morgan fingerprint density at radius 1 is 1.34 bits per heavy atom. The van der Waals surface area contributed by atoms with Gasteiger partial charge in [0.1, 0.15) is 12.3 Å². The fourth-order valence-corrected chi connectivity index (χ4v) is 4.49. The maximum absolute atomic E-state index is 15.3. The molecule has 1 saturated heterocycles. The molecule has 1 fully saturated rings. The van der Waals surface area contributed by atoms with Gasteiger partial charge in [0.2, 0.25) is 17.7 Å².